The maximum atomic E-state index is 12.2. The average Bonchev–Trinajstić information content (AvgIpc) is 2.43. The second kappa shape index (κ2) is 6.48. The third-order valence-corrected chi connectivity index (χ3v) is 4.51. The first kappa shape index (κ1) is 15.8. The molecular formula is C17H26N2O2. The molecular weight excluding hydrogens is 264 g/mol. The van der Waals surface area contributed by atoms with Crippen molar-refractivity contribution in [1.82, 2.24) is 10.6 Å². The Hall–Kier alpha value is -1.55. The Balaban J connectivity index is 1.91. The van der Waals surface area contributed by atoms with Gasteiger partial charge in [0.1, 0.15) is 5.75 Å². The lowest BCUT2D eigenvalue weighted by Gasteiger charge is -2.33. The molecule has 116 valence electrons. The molecule has 4 nitrogen and oxygen atoms in total. The first-order valence-corrected chi connectivity index (χ1v) is 7.57. The number of hydrogen-bond acceptors (Lipinski definition) is 3. The predicted octanol–water partition coefficient (Wildman–Crippen LogP) is 1.94. The zero-order valence-corrected chi connectivity index (χ0v) is 13.4. The van der Waals surface area contributed by atoms with Crippen molar-refractivity contribution in [1.29, 1.82) is 0 Å². The molecule has 1 unspecified atom stereocenters. The predicted molar refractivity (Wildman–Crippen MR) is 84.6 cm³/mol. The van der Waals surface area contributed by atoms with Crippen LogP contribution in [-0.4, -0.2) is 32.7 Å². The van der Waals surface area contributed by atoms with Crippen molar-refractivity contribution in [3.8, 4) is 5.75 Å². The summed E-state index contributed by atoms with van der Waals surface area (Å²) in [4.78, 5) is 12.2. The van der Waals surface area contributed by atoms with E-state index in [4.69, 9.17) is 4.74 Å². The van der Waals surface area contributed by atoms with E-state index in [9.17, 15) is 4.79 Å². The highest BCUT2D eigenvalue weighted by Gasteiger charge is 2.30. The van der Waals surface area contributed by atoms with Crippen molar-refractivity contribution >= 4 is 5.91 Å². The van der Waals surface area contributed by atoms with Crippen molar-refractivity contribution in [2.45, 2.75) is 26.2 Å². The SMILES string of the molecule is COc1ccc(C(C)(C)CNC(=O)C(C)C2CNC2)cc1. The molecule has 1 heterocycles. The highest BCUT2D eigenvalue weighted by molar-refractivity contribution is 5.78. The van der Waals surface area contributed by atoms with Gasteiger partial charge in [0.15, 0.2) is 0 Å². The molecule has 1 aliphatic heterocycles. The molecule has 0 spiro atoms. The highest BCUT2D eigenvalue weighted by atomic mass is 16.5. The topological polar surface area (TPSA) is 50.4 Å². The lowest BCUT2D eigenvalue weighted by atomic mass is 9.83. The van der Waals surface area contributed by atoms with Gasteiger partial charge in [0.05, 0.1) is 7.11 Å². The van der Waals surface area contributed by atoms with Crippen LogP contribution in [0.4, 0.5) is 0 Å². The Bertz CT molecular complexity index is 478. The Morgan fingerprint density at radius 2 is 2.00 bits per heavy atom. The summed E-state index contributed by atoms with van der Waals surface area (Å²) in [6.45, 7) is 8.85. The van der Waals surface area contributed by atoms with Crippen LogP contribution < -0.4 is 15.4 Å². The third kappa shape index (κ3) is 3.76. The van der Waals surface area contributed by atoms with Gasteiger partial charge in [0, 0.05) is 17.9 Å². The molecule has 2 N–H and O–H groups in total. The van der Waals surface area contributed by atoms with E-state index < -0.39 is 0 Å². The van der Waals surface area contributed by atoms with E-state index in [0.29, 0.717) is 12.5 Å². The van der Waals surface area contributed by atoms with Crippen LogP contribution in [0.3, 0.4) is 0 Å². The van der Waals surface area contributed by atoms with Crippen LogP contribution in [0.5, 0.6) is 5.75 Å². The largest absolute Gasteiger partial charge is 0.497 e. The summed E-state index contributed by atoms with van der Waals surface area (Å²) in [5.74, 6) is 1.57. The van der Waals surface area contributed by atoms with Gasteiger partial charge in [0.25, 0.3) is 0 Å². The van der Waals surface area contributed by atoms with Gasteiger partial charge in [0.2, 0.25) is 5.91 Å². The van der Waals surface area contributed by atoms with Gasteiger partial charge in [-0.05, 0) is 36.7 Å². The summed E-state index contributed by atoms with van der Waals surface area (Å²) in [5.41, 5.74) is 1.10. The van der Waals surface area contributed by atoms with Crippen molar-refractivity contribution in [3.63, 3.8) is 0 Å². The van der Waals surface area contributed by atoms with E-state index in [1.165, 1.54) is 5.56 Å². The maximum absolute atomic E-state index is 12.2. The molecule has 1 atom stereocenters. The van der Waals surface area contributed by atoms with E-state index in [1.54, 1.807) is 7.11 Å². The summed E-state index contributed by atoms with van der Waals surface area (Å²) in [6, 6.07) is 8.04. The summed E-state index contributed by atoms with van der Waals surface area (Å²) >= 11 is 0. The highest BCUT2D eigenvalue weighted by Crippen LogP contribution is 2.25. The maximum Gasteiger partial charge on any atom is 0.223 e. The Morgan fingerprint density at radius 3 is 2.48 bits per heavy atom. The van der Waals surface area contributed by atoms with E-state index in [1.807, 2.05) is 19.1 Å². The van der Waals surface area contributed by atoms with E-state index in [2.05, 4.69) is 36.6 Å². The molecule has 1 aromatic rings. The second-order valence-electron chi connectivity index (χ2n) is 6.54. The number of carbonyl (C=O) groups is 1. The average molecular weight is 290 g/mol. The van der Waals surface area contributed by atoms with Crippen LogP contribution in [0.1, 0.15) is 26.3 Å². The van der Waals surface area contributed by atoms with Crippen LogP contribution in [0.2, 0.25) is 0 Å². The van der Waals surface area contributed by atoms with Gasteiger partial charge >= 0.3 is 0 Å². The number of hydrogen-bond donors (Lipinski definition) is 2. The molecule has 1 amide bonds. The fourth-order valence-corrected chi connectivity index (χ4v) is 2.49. The molecule has 0 saturated carbocycles. The Labute approximate surface area is 127 Å². The van der Waals surface area contributed by atoms with Crippen molar-refractivity contribution < 1.29 is 9.53 Å². The Morgan fingerprint density at radius 1 is 1.38 bits per heavy atom. The first-order valence-electron chi connectivity index (χ1n) is 7.57. The van der Waals surface area contributed by atoms with Crippen LogP contribution in [0.25, 0.3) is 0 Å². The molecule has 1 fully saturated rings. The number of ether oxygens (including phenoxy) is 1. The summed E-state index contributed by atoms with van der Waals surface area (Å²) in [7, 11) is 1.66. The number of methoxy groups -OCH3 is 1. The van der Waals surface area contributed by atoms with E-state index in [0.717, 1.165) is 18.8 Å². The minimum Gasteiger partial charge on any atom is -0.497 e. The first-order chi connectivity index (χ1) is 9.94. The molecule has 1 saturated heterocycles. The molecule has 0 radical (unpaired) electrons. The quantitative estimate of drug-likeness (QED) is 0.842. The summed E-state index contributed by atoms with van der Waals surface area (Å²) in [5, 5.41) is 6.32. The number of carbonyl (C=O) groups excluding carboxylic acids is 1. The van der Waals surface area contributed by atoms with E-state index >= 15 is 0 Å². The molecule has 21 heavy (non-hydrogen) atoms. The van der Waals surface area contributed by atoms with Crippen molar-refractivity contribution in [2.24, 2.45) is 11.8 Å². The van der Waals surface area contributed by atoms with Crippen molar-refractivity contribution in [3.05, 3.63) is 29.8 Å². The van der Waals surface area contributed by atoms with Crippen LogP contribution in [0, 0.1) is 11.8 Å². The molecule has 1 aliphatic rings. The molecule has 0 aliphatic carbocycles. The number of nitrogens with one attached hydrogen (secondary N) is 2. The number of rotatable bonds is 6. The smallest absolute Gasteiger partial charge is 0.223 e. The normalized spacial score (nSPS) is 17.0. The number of amides is 1. The van der Waals surface area contributed by atoms with Gasteiger partial charge in [-0.3, -0.25) is 4.79 Å². The minimum absolute atomic E-state index is 0.0814. The van der Waals surface area contributed by atoms with Crippen LogP contribution >= 0.6 is 0 Å². The summed E-state index contributed by atoms with van der Waals surface area (Å²) in [6.07, 6.45) is 0. The van der Waals surface area contributed by atoms with Gasteiger partial charge in [-0.2, -0.15) is 0 Å². The van der Waals surface area contributed by atoms with Gasteiger partial charge in [-0.1, -0.05) is 32.9 Å². The molecule has 4 heteroatoms. The fraction of sp³-hybridized carbons (Fsp3) is 0.588. The molecule has 2 rings (SSSR count). The van der Waals surface area contributed by atoms with Crippen LogP contribution in [0.15, 0.2) is 24.3 Å². The Kier molecular flexibility index (Phi) is 4.88. The van der Waals surface area contributed by atoms with Gasteiger partial charge < -0.3 is 15.4 Å². The van der Waals surface area contributed by atoms with Crippen molar-refractivity contribution in [2.75, 3.05) is 26.7 Å². The lowest BCUT2D eigenvalue weighted by molar-refractivity contribution is -0.126. The summed E-state index contributed by atoms with van der Waals surface area (Å²) < 4.78 is 5.18. The lowest BCUT2D eigenvalue weighted by Crippen LogP contribution is -2.50. The van der Waals surface area contributed by atoms with Gasteiger partial charge in [-0.25, -0.2) is 0 Å². The standard InChI is InChI=1S/C17H26N2O2/c1-12(13-9-18-10-13)16(20)19-11-17(2,3)14-5-7-15(21-4)8-6-14/h5-8,12-13,18H,9-11H2,1-4H3,(H,19,20). The van der Waals surface area contributed by atoms with E-state index in [-0.39, 0.29) is 17.2 Å². The third-order valence-electron chi connectivity index (χ3n) is 4.51. The second-order valence-corrected chi connectivity index (χ2v) is 6.54. The molecule has 0 aromatic heterocycles. The zero-order valence-electron chi connectivity index (χ0n) is 13.4. The number of benzene rings is 1. The fourth-order valence-electron chi connectivity index (χ4n) is 2.49. The minimum atomic E-state index is -0.0977. The molecule has 0 bridgehead atoms. The van der Waals surface area contributed by atoms with Crippen LogP contribution in [-0.2, 0) is 10.2 Å². The van der Waals surface area contributed by atoms with Gasteiger partial charge in [-0.15, -0.1) is 0 Å². The monoisotopic (exact) mass is 290 g/mol. The molecule has 1 aromatic carbocycles. The zero-order chi connectivity index (χ0) is 15.5.